The molecule has 1 saturated heterocycles. The van der Waals surface area contributed by atoms with Crippen LogP contribution < -0.4 is 5.32 Å². The van der Waals surface area contributed by atoms with E-state index in [1.807, 2.05) is 7.05 Å². The fourth-order valence-electron chi connectivity index (χ4n) is 3.00. The lowest BCUT2D eigenvalue weighted by Gasteiger charge is -2.16. The van der Waals surface area contributed by atoms with Crippen LogP contribution in [0, 0.1) is 5.92 Å². The summed E-state index contributed by atoms with van der Waals surface area (Å²) in [6.45, 7) is 6.96. The first-order valence-electron chi connectivity index (χ1n) is 7.26. The van der Waals surface area contributed by atoms with Crippen LogP contribution in [0.3, 0.4) is 0 Å². The lowest BCUT2D eigenvalue weighted by molar-refractivity contribution is 0.313. The Hall–Kier alpha value is -0.860. The van der Waals surface area contributed by atoms with Crippen LogP contribution in [0.4, 0.5) is 0 Å². The largest absolute Gasteiger partial charge is 0.316 e. The van der Waals surface area contributed by atoms with E-state index in [1.54, 1.807) is 0 Å². The molecule has 1 fully saturated rings. The van der Waals surface area contributed by atoms with Crippen molar-refractivity contribution in [1.29, 1.82) is 0 Å². The second-order valence-corrected chi connectivity index (χ2v) is 5.53. The van der Waals surface area contributed by atoms with Crippen molar-refractivity contribution in [1.82, 2.24) is 10.2 Å². The summed E-state index contributed by atoms with van der Waals surface area (Å²) in [6, 6.07) is 8.97. The highest BCUT2D eigenvalue weighted by Crippen LogP contribution is 2.22. The summed E-state index contributed by atoms with van der Waals surface area (Å²) in [5, 5.41) is 3.22. The molecule has 1 atom stereocenters. The summed E-state index contributed by atoms with van der Waals surface area (Å²) < 4.78 is 0. The van der Waals surface area contributed by atoms with E-state index in [9.17, 15) is 0 Å². The molecule has 0 aromatic heterocycles. The molecule has 1 heterocycles. The summed E-state index contributed by atoms with van der Waals surface area (Å²) in [7, 11) is 2.00. The lowest BCUT2D eigenvalue weighted by Crippen LogP contribution is -2.20. The Morgan fingerprint density at radius 3 is 2.94 bits per heavy atom. The Bertz CT molecular complexity index is 362. The molecule has 0 spiro atoms. The molecule has 18 heavy (non-hydrogen) atoms. The predicted molar refractivity (Wildman–Crippen MR) is 77.5 cm³/mol. The molecule has 1 N–H and O–H groups in total. The third-order valence-corrected chi connectivity index (χ3v) is 3.85. The SMILES string of the molecule is CCCC1CCN(Cc2cccc(CNC)c2)C1. The summed E-state index contributed by atoms with van der Waals surface area (Å²) >= 11 is 0. The zero-order chi connectivity index (χ0) is 12.8. The minimum atomic E-state index is 0.940. The molecule has 1 aliphatic heterocycles. The molecule has 0 amide bonds. The van der Waals surface area contributed by atoms with Gasteiger partial charge in [0, 0.05) is 19.6 Å². The van der Waals surface area contributed by atoms with Crippen molar-refractivity contribution in [2.24, 2.45) is 5.92 Å². The Balaban J connectivity index is 1.88. The lowest BCUT2D eigenvalue weighted by atomic mass is 10.0. The minimum absolute atomic E-state index is 0.940. The highest BCUT2D eigenvalue weighted by atomic mass is 15.1. The van der Waals surface area contributed by atoms with Crippen molar-refractivity contribution in [2.75, 3.05) is 20.1 Å². The molecule has 2 rings (SSSR count). The third-order valence-electron chi connectivity index (χ3n) is 3.85. The molecule has 0 saturated carbocycles. The molecular weight excluding hydrogens is 220 g/mol. The number of benzene rings is 1. The van der Waals surface area contributed by atoms with Crippen molar-refractivity contribution >= 4 is 0 Å². The average molecular weight is 246 g/mol. The van der Waals surface area contributed by atoms with Gasteiger partial charge in [-0.05, 0) is 43.5 Å². The highest BCUT2D eigenvalue weighted by Gasteiger charge is 2.21. The Kier molecular flexibility index (Phi) is 5.21. The molecule has 1 unspecified atom stereocenters. The van der Waals surface area contributed by atoms with Crippen molar-refractivity contribution in [3.05, 3.63) is 35.4 Å². The van der Waals surface area contributed by atoms with Crippen LogP contribution in [0.25, 0.3) is 0 Å². The zero-order valence-electron chi connectivity index (χ0n) is 11.8. The Morgan fingerprint density at radius 2 is 2.17 bits per heavy atom. The van der Waals surface area contributed by atoms with Gasteiger partial charge < -0.3 is 5.32 Å². The normalized spacial score (nSPS) is 20.4. The summed E-state index contributed by atoms with van der Waals surface area (Å²) in [5.74, 6) is 0.940. The fourth-order valence-corrected chi connectivity index (χ4v) is 3.00. The number of likely N-dealkylation sites (tertiary alicyclic amines) is 1. The van der Waals surface area contributed by atoms with Gasteiger partial charge in [-0.25, -0.2) is 0 Å². The van der Waals surface area contributed by atoms with E-state index in [0.29, 0.717) is 0 Å². The zero-order valence-corrected chi connectivity index (χ0v) is 11.8. The van der Waals surface area contributed by atoms with Crippen LogP contribution in [0.1, 0.15) is 37.3 Å². The molecule has 100 valence electrons. The Morgan fingerprint density at radius 1 is 1.33 bits per heavy atom. The van der Waals surface area contributed by atoms with E-state index in [0.717, 1.165) is 19.0 Å². The van der Waals surface area contributed by atoms with Crippen LogP contribution >= 0.6 is 0 Å². The van der Waals surface area contributed by atoms with Crippen LogP contribution in [0.5, 0.6) is 0 Å². The molecule has 2 heteroatoms. The molecular formula is C16H26N2. The molecule has 0 radical (unpaired) electrons. The van der Waals surface area contributed by atoms with Gasteiger partial charge in [0.1, 0.15) is 0 Å². The van der Waals surface area contributed by atoms with Gasteiger partial charge >= 0.3 is 0 Å². The first-order valence-corrected chi connectivity index (χ1v) is 7.26. The molecule has 0 aliphatic carbocycles. The second-order valence-electron chi connectivity index (χ2n) is 5.53. The standard InChI is InChI=1S/C16H26N2/c1-3-5-14-8-9-18(12-14)13-16-7-4-6-15(10-16)11-17-2/h4,6-7,10,14,17H,3,5,8-9,11-13H2,1-2H3. The number of nitrogens with one attached hydrogen (secondary N) is 1. The maximum atomic E-state index is 3.22. The molecule has 1 aliphatic rings. The van der Waals surface area contributed by atoms with Gasteiger partial charge in [0.15, 0.2) is 0 Å². The average Bonchev–Trinajstić information content (AvgIpc) is 2.78. The van der Waals surface area contributed by atoms with Gasteiger partial charge in [-0.2, -0.15) is 0 Å². The highest BCUT2D eigenvalue weighted by molar-refractivity contribution is 5.23. The summed E-state index contributed by atoms with van der Waals surface area (Å²) in [6.07, 6.45) is 4.12. The fraction of sp³-hybridized carbons (Fsp3) is 0.625. The molecule has 0 bridgehead atoms. The van der Waals surface area contributed by atoms with Crippen molar-refractivity contribution in [2.45, 2.75) is 39.3 Å². The monoisotopic (exact) mass is 246 g/mol. The molecule has 2 nitrogen and oxygen atoms in total. The van der Waals surface area contributed by atoms with Gasteiger partial charge in [-0.3, -0.25) is 4.90 Å². The molecule has 1 aromatic rings. The number of nitrogens with zero attached hydrogens (tertiary/aromatic N) is 1. The maximum Gasteiger partial charge on any atom is 0.0233 e. The van der Waals surface area contributed by atoms with E-state index in [-0.39, 0.29) is 0 Å². The van der Waals surface area contributed by atoms with Crippen LogP contribution in [-0.4, -0.2) is 25.0 Å². The topological polar surface area (TPSA) is 15.3 Å². The number of hydrogen-bond donors (Lipinski definition) is 1. The van der Waals surface area contributed by atoms with E-state index < -0.39 is 0 Å². The first-order chi connectivity index (χ1) is 8.81. The summed E-state index contributed by atoms with van der Waals surface area (Å²) in [5.41, 5.74) is 2.85. The maximum absolute atomic E-state index is 3.22. The quantitative estimate of drug-likeness (QED) is 0.830. The predicted octanol–water partition coefficient (Wildman–Crippen LogP) is 3.03. The summed E-state index contributed by atoms with van der Waals surface area (Å²) in [4.78, 5) is 2.61. The van der Waals surface area contributed by atoms with Gasteiger partial charge in [-0.1, -0.05) is 37.6 Å². The van der Waals surface area contributed by atoms with E-state index in [1.165, 1.54) is 43.5 Å². The van der Waals surface area contributed by atoms with E-state index >= 15 is 0 Å². The smallest absolute Gasteiger partial charge is 0.0233 e. The van der Waals surface area contributed by atoms with Crippen LogP contribution in [0.15, 0.2) is 24.3 Å². The second kappa shape index (κ2) is 6.91. The Labute approximate surface area is 111 Å². The molecule has 1 aromatic carbocycles. The van der Waals surface area contributed by atoms with E-state index in [4.69, 9.17) is 0 Å². The first kappa shape index (κ1) is 13.6. The van der Waals surface area contributed by atoms with Gasteiger partial charge in [0.25, 0.3) is 0 Å². The van der Waals surface area contributed by atoms with Crippen LogP contribution in [-0.2, 0) is 13.1 Å². The van der Waals surface area contributed by atoms with Crippen LogP contribution in [0.2, 0.25) is 0 Å². The number of rotatable bonds is 6. The van der Waals surface area contributed by atoms with Crippen molar-refractivity contribution < 1.29 is 0 Å². The minimum Gasteiger partial charge on any atom is -0.316 e. The van der Waals surface area contributed by atoms with E-state index in [2.05, 4.69) is 41.4 Å². The number of hydrogen-bond acceptors (Lipinski definition) is 2. The van der Waals surface area contributed by atoms with Gasteiger partial charge in [0.05, 0.1) is 0 Å². The van der Waals surface area contributed by atoms with Gasteiger partial charge in [0.2, 0.25) is 0 Å². The van der Waals surface area contributed by atoms with Gasteiger partial charge in [-0.15, -0.1) is 0 Å². The third kappa shape index (κ3) is 3.82. The van der Waals surface area contributed by atoms with Crippen molar-refractivity contribution in [3.8, 4) is 0 Å². The van der Waals surface area contributed by atoms with Crippen molar-refractivity contribution in [3.63, 3.8) is 0 Å².